The lowest BCUT2D eigenvalue weighted by atomic mass is 9.74. The number of carbonyl (C=O) groups is 1. The maximum atomic E-state index is 13.1. The lowest BCUT2D eigenvalue weighted by molar-refractivity contribution is -0.136. The van der Waals surface area contributed by atoms with Gasteiger partial charge in [0.25, 0.3) is 0 Å². The largest absolute Gasteiger partial charge is 0.376 e. The predicted octanol–water partition coefficient (Wildman–Crippen LogP) is 3.67. The van der Waals surface area contributed by atoms with E-state index in [-0.39, 0.29) is 11.0 Å². The molecule has 4 heteroatoms. The summed E-state index contributed by atoms with van der Waals surface area (Å²) < 4.78 is 0. The Hall–Kier alpha value is -0.840. The summed E-state index contributed by atoms with van der Waals surface area (Å²) in [6.07, 6.45) is 6.51. The summed E-state index contributed by atoms with van der Waals surface area (Å²) >= 11 is 1.36. The van der Waals surface area contributed by atoms with E-state index in [1.165, 1.54) is 18.2 Å². The number of hydrogen-bond acceptors (Lipinski definition) is 4. The fourth-order valence-electron chi connectivity index (χ4n) is 4.20. The van der Waals surface area contributed by atoms with Gasteiger partial charge in [-0.05, 0) is 50.3 Å². The minimum atomic E-state index is -1.32. The minimum absolute atomic E-state index is 0.0462. The molecule has 24 heavy (non-hydrogen) atoms. The molecule has 1 aliphatic heterocycles. The molecular formula is C20H29NO2S. The molecule has 1 heterocycles. The molecule has 1 saturated carbocycles. The van der Waals surface area contributed by atoms with Gasteiger partial charge in [-0.25, -0.2) is 0 Å². The van der Waals surface area contributed by atoms with E-state index in [0.717, 1.165) is 56.5 Å². The number of nitrogens with zero attached hydrogens (tertiary/aromatic N) is 1. The molecule has 1 aliphatic carbocycles. The molecule has 0 bridgehead atoms. The van der Waals surface area contributed by atoms with E-state index in [2.05, 4.69) is 11.9 Å². The van der Waals surface area contributed by atoms with E-state index in [1.54, 1.807) is 0 Å². The Morgan fingerprint density at radius 3 is 2.54 bits per heavy atom. The summed E-state index contributed by atoms with van der Waals surface area (Å²) in [5.74, 6) is 1.45. The smallest absolute Gasteiger partial charge is 0.225 e. The first-order chi connectivity index (χ1) is 11.6. The minimum Gasteiger partial charge on any atom is -0.376 e. The molecule has 3 rings (SSSR count). The normalized spacial score (nSPS) is 25.5. The van der Waals surface area contributed by atoms with Crippen LogP contribution in [0.4, 0.5) is 0 Å². The molecule has 0 aromatic heterocycles. The quantitative estimate of drug-likeness (QED) is 0.882. The first-order valence-corrected chi connectivity index (χ1v) is 10.2. The van der Waals surface area contributed by atoms with Gasteiger partial charge >= 0.3 is 0 Å². The van der Waals surface area contributed by atoms with Crippen molar-refractivity contribution in [1.29, 1.82) is 0 Å². The number of aliphatic hydroxyl groups is 1. The van der Waals surface area contributed by atoms with Crippen LogP contribution in [0.15, 0.2) is 30.3 Å². The molecule has 1 aromatic rings. The second-order valence-corrected chi connectivity index (χ2v) is 8.48. The third kappa shape index (κ3) is 3.87. The predicted molar refractivity (Wildman–Crippen MR) is 100.0 cm³/mol. The Morgan fingerprint density at radius 2 is 1.92 bits per heavy atom. The molecule has 2 aliphatic rings. The monoisotopic (exact) mass is 347 g/mol. The van der Waals surface area contributed by atoms with Crippen LogP contribution in [0.2, 0.25) is 0 Å². The van der Waals surface area contributed by atoms with E-state index >= 15 is 0 Å². The average Bonchev–Trinajstić information content (AvgIpc) is 3.05. The molecule has 1 saturated heterocycles. The van der Waals surface area contributed by atoms with E-state index in [4.69, 9.17) is 0 Å². The van der Waals surface area contributed by atoms with Crippen LogP contribution >= 0.6 is 11.8 Å². The van der Waals surface area contributed by atoms with Crippen LogP contribution in [0.1, 0.15) is 44.1 Å². The summed E-state index contributed by atoms with van der Waals surface area (Å²) in [5.41, 5.74) is -0.547. The highest BCUT2D eigenvalue weighted by Crippen LogP contribution is 2.42. The third-order valence-corrected chi connectivity index (χ3v) is 6.87. The van der Waals surface area contributed by atoms with Crippen LogP contribution in [0, 0.1) is 11.8 Å². The molecule has 0 amide bonds. The van der Waals surface area contributed by atoms with E-state index in [0.29, 0.717) is 5.92 Å². The number of carbonyl (C=O) groups excluding carboxylic acids is 1. The van der Waals surface area contributed by atoms with Crippen molar-refractivity contribution < 1.29 is 9.90 Å². The molecule has 132 valence electrons. The Balaban J connectivity index is 1.74. The topological polar surface area (TPSA) is 40.5 Å². The highest BCUT2D eigenvalue weighted by molar-refractivity contribution is 8.13. The fourth-order valence-corrected chi connectivity index (χ4v) is 5.36. The van der Waals surface area contributed by atoms with E-state index in [1.807, 2.05) is 30.3 Å². The van der Waals surface area contributed by atoms with Gasteiger partial charge in [-0.2, -0.15) is 0 Å². The number of hydrogen-bond donors (Lipinski definition) is 1. The molecule has 2 atom stereocenters. The zero-order valence-corrected chi connectivity index (χ0v) is 15.4. The molecule has 1 N–H and O–H groups in total. The van der Waals surface area contributed by atoms with Crippen molar-refractivity contribution in [3.8, 4) is 0 Å². The second-order valence-electron chi connectivity index (χ2n) is 7.48. The van der Waals surface area contributed by atoms with Crippen LogP contribution in [0.5, 0.6) is 0 Å². The van der Waals surface area contributed by atoms with Gasteiger partial charge < -0.3 is 10.0 Å². The maximum Gasteiger partial charge on any atom is 0.225 e. The fraction of sp³-hybridized carbons (Fsp3) is 0.650. The second kappa shape index (κ2) is 8.03. The Morgan fingerprint density at radius 1 is 1.21 bits per heavy atom. The van der Waals surface area contributed by atoms with Gasteiger partial charge in [0, 0.05) is 12.3 Å². The van der Waals surface area contributed by atoms with E-state index < -0.39 is 5.60 Å². The van der Waals surface area contributed by atoms with E-state index in [9.17, 15) is 9.90 Å². The van der Waals surface area contributed by atoms with Crippen molar-refractivity contribution in [1.82, 2.24) is 4.90 Å². The first-order valence-electron chi connectivity index (χ1n) is 9.24. The molecular weight excluding hydrogens is 318 g/mol. The number of thioether (sulfide) groups is 1. The summed E-state index contributed by atoms with van der Waals surface area (Å²) in [6, 6.07) is 9.61. The van der Waals surface area contributed by atoms with Crippen molar-refractivity contribution in [3.63, 3.8) is 0 Å². The number of benzene rings is 1. The van der Waals surface area contributed by atoms with Crippen molar-refractivity contribution in [2.45, 2.75) is 44.1 Å². The van der Waals surface area contributed by atoms with Crippen LogP contribution in [0.3, 0.4) is 0 Å². The lowest BCUT2D eigenvalue weighted by Crippen LogP contribution is -2.43. The van der Waals surface area contributed by atoms with Crippen LogP contribution < -0.4 is 0 Å². The maximum absolute atomic E-state index is 13.1. The summed E-state index contributed by atoms with van der Waals surface area (Å²) in [5, 5.41) is 11.5. The molecule has 3 nitrogen and oxygen atoms in total. The zero-order chi connectivity index (χ0) is 17.0. The van der Waals surface area contributed by atoms with Gasteiger partial charge in [0.05, 0.1) is 0 Å². The molecule has 1 aromatic carbocycles. The summed E-state index contributed by atoms with van der Waals surface area (Å²) in [7, 11) is 2.13. The average molecular weight is 348 g/mol. The van der Waals surface area contributed by atoms with Gasteiger partial charge in [-0.1, -0.05) is 61.4 Å². The third-order valence-electron chi connectivity index (χ3n) is 5.66. The van der Waals surface area contributed by atoms with Crippen LogP contribution in [0.25, 0.3) is 0 Å². The van der Waals surface area contributed by atoms with Gasteiger partial charge in [-0.15, -0.1) is 0 Å². The SMILES string of the molecule is CN1CC[C@H](CSC(=O)[C@@](O)(c2ccccc2)C2CCCCC2)C1. The standard InChI is InChI=1S/C20H29NO2S/c1-21-13-12-16(14-21)15-24-19(22)20(23,17-8-4-2-5-9-17)18-10-6-3-7-11-18/h2,4-5,8-9,16,18,23H,3,6-7,10-15H2,1H3/t16-,20+/m0/s1. The van der Waals surface area contributed by atoms with Gasteiger partial charge in [0.2, 0.25) is 5.12 Å². The molecule has 2 fully saturated rings. The first kappa shape index (κ1) is 18.0. The Labute approximate surface area is 149 Å². The van der Waals surface area contributed by atoms with Crippen molar-refractivity contribution in [2.24, 2.45) is 11.8 Å². The molecule has 0 unspecified atom stereocenters. The zero-order valence-electron chi connectivity index (χ0n) is 14.6. The summed E-state index contributed by atoms with van der Waals surface area (Å²) in [4.78, 5) is 15.4. The van der Waals surface area contributed by atoms with Gasteiger partial charge in [0.1, 0.15) is 0 Å². The Bertz CT molecular complexity index is 544. The highest BCUT2D eigenvalue weighted by Gasteiger charge is 2.45. The van der Waals surface area contributed by atoms with Gasteiger partial charge in [0.15, 0.2) is 5.60 Å². The van der Waals surface area contributed by atoms with Gasteiger partial charge in [-0.3, -0.25) is 4.79 Å². The van der Waals surface area contributed by atoms with Crippen LogP contribution in [-0.4, -0.2) is 41.0 Å². The van der Waals surface area contributed by atoms with Crippen molar-refractivity contribution >= 4 is 16.9 Å². The lowest BCUT2D eigenvalue weighted by Gasteiger charge is -2.37. The number of rotatable bonds is 5. The molecule has 0 spiro atoms. The van der Waals surface area contributed by atoms with Crippen molar-refractivity contribution in [2.75, 3.05) is 25.9 Å². The molecule has 0 radical (unpaired) electrons. The highest BCUT2D eigenvalue weighted by atomic mass is 32.2. The number of likely N-dealkylation sites (tertiary alicyclic amines) is 1. The van der Waals surface area contributed by atoms with Crippen molar-refractivity contribution in [3.05, 3.63) is 35.9 Å². The summed E-state index contributed by atoms with van der Waals surface area (Å²) in [6.45, 7) is 2.18. The Kier molecular flexibility index (Phi) is 6.01. The van der Waals surface area contributed by atoms with Crippen LogP contribution in [-0.2, 0) is 10.4 Å².